The number of nitrogens with one attached hydrogen (secondary N) is 1. The third-order valence-corrected chi connectivity index (χ3v) is 5.24. The smallest absolute Gasteiger partial charge is 0.418 e. The lowest BCUT2D eigenvalue weighted by Gasteiger charge is -2.14. The van der Waals surface area contributed by atoms with E-state index in [2.05, 4.69) is 15.3 Å². The quantitative estimate of drug-likeness (QED) is 0.363. The van der Waals surface area contributed by atoms with Crippen molar-refractivity contribution in [2.45, 2.75) is 18.1 Å². The van der Waals surface area contributed by atoms with Crippen LogP contribution in [0.1, 0.15) is 11.3 Å². The van der Waals surface area contributed by atoms with Gasteiger partial charge in [0.2, 0.25) is 5.91 Å². The number of hydrogen-bond donors (Lipinski definition) is 1. The number of halogens is 4. The molecular weight excluding hydrogens is 451 g/mol. The van der Waals surface area contributed by atoms with Crippen LogP contribution in [-0.4, -0.2) is 28.7 Å². The second-order valence-electron chi connectivity index (χ2n) is 6.42. The maximum Gasteiger partial charge on any atom is 0.418 e. The molecular formula is C21H17ClF3N3O2S. The van der Waals surface area contributed by atoms with Crippen LogP contribution in [0.3, 0.4) is 0 Å². The number of methoxy groups -OCH3 is 1. The number of rotatable bonds is 6. The molecule has 0 atom stereocenters. The maximum atomic E-state index is 13.2. The SMILES string of the molecule is COc1ccc(-c2nc(C)cc(SCC(=O)Nc3ccc(Cl)cc3C(F)(F)F)n2)cc1. The molecule has 0 aliphatic heterocycles. The number of aromatic nitrogens is 2. The summed E-state index contributed by atoms with van der Waals surface area (Å²) in [6, 6.07) is 12.1. The number of benzene rings is 2. The molecule has 0 aliphatic rings. The van der Waals surface area contributed by atoms with E-state index in [1.807, 2.05) is 12.1 Å². The number of nitrogens with zero attached hydrogens (tertiary/aromatic N) is 2. The van der Waals surface area contributed by atoms with Crippen molar-refractivity contribution in [1.82, 2.24) is 9.97 Å². The van der Waals surface area contributed by atoms with Gasteiger partial charge in [0.25, 0.3) is 0 Å². The molecule has 0 saturated heterocycles. The van der Waals surface area contributed by atoms with E-state index in [1.165, 1.54) is 6.07 Å². The van der Waals surface area contributed by atoms with Gasteiger partial charge in [-0.1, -0.05) is 23.4 Å². The molecule has 0 radical (unpaired) electrons. The molecule has 0 bridgehead atoms. The van der Waals surface area contributed by atoms with Gasteiger partial charge in [0.15, 0.2) is 5.82 Å². The van der Waals surface area contributed by atoms with E-state index in [0.717, 1.165) is 29.5 Å². The number of carbonyl (C=O) groups excluding carboxylic acids is 1. The number of thioether (sulfide) groups is 1. The molecule has 1 N–H and O–H groups in total. The Morgan fingerprint density at radius 2 is 1.84 bits per heavy atom. The van der Waals surface area contributed by atoms with Crippen molar-refractivity contribution in [1.29, 1.82) is 0 Å². The highest BCUT2D eigenvalue weighted by Gasteiger charge is 2.34. The first-order chi connectivity index (χ1) is 14.7. The Morgan fingerprint density at radius 1 is 1.13 bits per heavy atom. The molecule has 0 aliphatic carbocycles. The van der Waals surface area contributed by atoms with Gasteiger partial charge in [0, 0.05) is 16.3 Å². The first-order valence-electron chi connectivity index (χ1n) is 8.95. The highest BCUT2D eigenvalue weighted by molar-refractivity contribution is 7.99. The van der Waals surface area contributed by atoms with Gasteiger partial charge >= 0.3 is 6.18 Å². The fourth-order valence-corrected chi connectivity index (χ4v) is 3.60. The zero-order valence-electron chi connectivity index (χ0n) is 16.5. The van der Waals surface area contributed by atoms with Crippen LogP contribution >= 0.6 is 23.4 Å². The minimum atomic E-state index is -4.64. The number of amides is 1. The first-order valence-corrected chi connectivity index (χ1v) is 10.3. The second kappa shape index (κ2) is 9.57. The van der Waals surface area contributed by atoms with E-state index >= 15 is 0 Å². The molecule has 162 valence electrons. The lowest BCUT2D eigenvalue weighted by molar-refractivity contribution is -0.137. The minimum absolute atomic E-state index is 0.0674. The average Bonchev–Trinajstić information content (AvgIpc) is 2.72. The number of carbonyl (C=O) groups is 1. The molecule has 0 saturated carbocycles. The fourth-order valence-electron chi connectivity index (χ4n) is 2.67. The molecule has 10 heteroatoms. The molecule has 1 heterocycles. The van der Waals surface area contributed by atoms with Crippen LogP contribution in [-0.2, 0) is 11.0 Å². The van der Waals surface area contributed by atoms with Crippen LogP contribution in [0, 0.1) is 6.92 Å². The Kier molecular flexibility index (Phi) is 7.07. The zero-order chi connectivity index (χ0) is 22.6. The highest BCUT2D eigenvalue weighted by atomic mass is 35.5. The summed E-state index contributed by atoms with van der Waals surface area (Å²) in [6.45, 7) is 1.79. The van der Waals surface area contributed by atoms with Crippen LogP contribution in [0.4, 0.5) is 18.9 Å². The number of hydrogen-bond acceptors (Lipinski definition) is 5. The van der Waals surface area contributed by atoms with E-state index < -0.39 is 17.6 Å². The third-order valence-electron chi connectivity index (χ3n) is 4.09. The fraction of sp³-hybridized carbons (Fsp3) is 0.190. The Morgan fingerprint density at radius 3 is 2.48 bits per heavy atom. The molecule has 1 amide bonds. The molecule has 1 aromatic heterocycles. The minimum Gasteiger partial charge on any atom is -0.497 e. The number of alkyl halides is 3. The third kappa shape index (κ3) is 6.11. The molecule has 5 nitrogen and oxygen atoms in total. The van der Waals surface area contributed by atoms with E-state index in [1.54, 1.807) is 32.2 Å². The molecule has 0 spiro atoms. The highest BCUT2D eigenvalue weighted by Crippen LogP contribution is 2.36. The van der Waals surface area contributed by atoms with Crippen LogP contribution in [0.2, 0.25) is 5.02 Å². The van der Waals surface area contributed by atoms with E-state index in [-0.39, 0.29) is 16.5 Å². The number of ether oxygens (including phenoxy) is 1. The predicted molar refractivity (Wildman–Crippen MR) is 115 cm³/mol. The van der Waals surface area contributed by atoms with Crippen molar-refractivity contribution in [2.75, 3.05) is 18.2 Å². The summed E-state index contributed by atoms with van der Waals surface area (Å²) < 4.78 is 44.7. The molecule has 31 heavy (non-hydrogen) atoms. The Bertz CT molecular complexity index is 1090. The molecule has 2 aromatic carbocycles. The summed E-state index contributed by atoms with van der Waals surface area (Å²) in [5, 5.41) is 2.75. The van der Waals surface area contributed by atoms with Crippen molar-refractivity contribution < 1.29 is 22.7 Å². The van der Waals surface area contributed by atoms with E-state index in [0.29, 0.717) is 22.3 Å². The van der Waals surface area contributed by atoms with Crippen LogP contribution in [0.25, 0.3) is 11.4 Å². The summed E-state index contributed by atoms with van der Waals surface area (Å²) >= 11 is 6.76. The topological polar surface area (TPSA) is 64.1 Å². The van der Waals surface area contributed by atoms with Crippen LogP contribution in [0.15, 0.2) is 53.6 Å². The van der Waals surface area contributed by atoms with E-state index in [4.69, 9.17) is 16.3 Å². The Hall–Kier alpha value is -2.78. The van der Waals surface area contributed by atoms with Gasteiger partial charge in [-0.3, -0.25) is 4.79 Å². The van der Waals surface area contributed by atoms with E-state index in [9.17, 15) is 18.0 Å². The lowest BCUT2D eigenvalue weighted by Crippen LogP contribution is -2.18. The largest absolute Gasteiger partial charge is 0.497 e. The number of aryl methyl sites for hydroxylation is 1. The molecule has 3 rings (SSSR count). The van der Waals surface area contributed by atoms with Gasteiger partial charge in [0.05, 0.1) is 24.1 Å². The van der Waals surface area contributed by atoms with Crippen molar-refractivity contribution in [3.8, 4) is 17.1 Å². The van der Waals surface area contributed by atoms with Gasteiger partial charge in [-0.05, 0) is 55.5 Å². The standard InChI is InChI=1S/C21H17ClF3N3O2S/c1-12-9-19(28-20(26-12)13-3-6-15(30-2)7-4-13)31-11-18(29)27-17-8-5-14(22)10-16(17)21(23,24)25/h3-10H,11H2,1-2H3,(H,27,29). The lowest BCUT2D eigenvalue weighted by atomic mass is 10.1. The molecule has 0 unspecified atom stereocenters. The zero-order valence-corrected chi connectivity index (χ0v) is 18.0. The van der Waals surface area contributed by atoms with Crippen molar-refractivity contribution in [3.05, 3.63) is 64.8 Å². The van der Waals surface area contributed by atoms with Crippen molar-refractivity contribution >= 4 is 35.0 Å². The summed E-state index contributed by atoms with van der Waals surface area (Å²) in [7, 11) is 1.57. The second-order valence-corrected chi connectivity index (χ2v) is 7.86. The Balaban J connectivity index is 1.72. The predicted octanol–water partition coefficient (Wildman–Crippen LogP) is 5.86. The van der Waals surface area contributed by atoms with Gasteiger partial charge in [-0.25, -0.2) is 9.97 Å². The monoisotopic (exact) mass is 467 g/mol. The van der Waals surface area contributed by atoms with Crippen LogP contribution < -0.4 is 10.1 Å². The average molecular weight is 468 g/mol. The van der Waals surface area contributed by atoms with Crippen molar-refractivity contribution in [3.63, 3.8) is 0 Å². The van der Waals surface area contributed by atoms with Gasteiger partial charge in [0.1, 0.15) is 10.8 Å². The Labute approximate surface area is 186 Å². The van der Waals surface area contributed by atoms with Crippen LogP contribution in [0.5, 0.6) is 5.75 Å². The molecule has 0 fully saturated rings. The van der Waals surface area contributed by atoms with Gasteiger partial charge in [-0.2, -0.15) is 13.2 Å². The normalized spacial score (nSPS) is 11.3. The maximum absolute atomic E-state index is 13.2. The summed E-state index contributed by atoms with van der Waals surface area (Å²) in [5.41, 5.74) is 0.117. The summed E-state index contributed by atoms with van der Waals surface area (Å²) in [6.07, 6.45) is -4.64. The summed E-state index contributed by atoms with van der Waals surface area (Å²) in [5.74, 6) is 0.448. The first kappa shape index (κ1) is 22.9. The summed E-state index contributed by atoms with van der Waals surface area (Å²) in [4.78, 5) is 21.1. The van der Waals surface area contributed by atoms with Gasteiger partial charge < -0.3 is 10.1 Å². The number of anilines is 1. The molecule has 3 aromatic rings. The van der Waals surface area contributed by atoms with Crippen molar-refractivity contribution in [2.24, 2.45) is 0 Å². The van der Waals surface area contributed by atoms with Gasteiger partial charge in [-0.15, -0.1) is 0 Å².